The number of carbonyl (C=O) groups excluding carboxylic acids is 1. The summed E-state index contributed by atoms with van der Waals surface area (Å²) >= 11 is 14.3. The van der Waals surface area contributed by atoms with Crippen molar-refractivity contribution >= 4 is 88.1 Å². The van der Waals surface area contributed by atoms with Gasteiger partial charge in [0.1, 0.15) is 14.9 Å². The van der Waals surface area contributed by atoms with Gasteiger partial charge >= 0.3 is 0 Å². The van der Waals surface area contributed by atoms with Gasteiger partial charge in [-0.3, -0.25) is 4.79 Å². The third-order valence-corrected chi connectivity index (χ3v) is 6.15. The SMILES string of the molecule is Brc1csc(Br)n1.Cc1nc(Br)cs1.Cc1nc(C=O)cs1. The van der Waals surface area contributed by atoms with Crippen molar-refractivity contribution in [3.63, 3.8) is 0 Å². The molecular formula is C12H10Br3N3OS3. The summed E-state index contributed by atoms with van der Waals surface area (Å²) in [4.78, 5) is 21.9. The van der Waals surface area contributed by atoms with Crippen LogP contribution in [0.2, 0.25) is 0 Å². The van der Waals surface area contributed by atoms with Crippen molar-refractivity contribution in [3.8, 4) is 0 Å². The highest BCUT2D eigenvalue weighted by atomic mass is 79.9. The molecule has 118 valence electrons. The lowest BCUT2D eigenvalue weighted by atomic mass is 10.6. The minimum atomic E-state index is 0.535. The van der Waals surface area contributed by atoms with Gasteiger partial charge in [-0.2, -0.15) is 0 Å². The van der Waals surface area contributed by atoms with Crippen LogP contribution >= 0.6 is 81.8 Å². The maximum atomic E-state index is 9.96. The fourth-order valence-corrected chi connectivity index (χ4v) is 4.38. The largest absolute Gasteiger partial charge is 0.296 e. The van der Waals surface area contributed by atoms with Crippen LogP contribution in [0, 0.1) is 13.8 Å². The Morgan fingerprint density at radius 2 is 1.41 bits per heavy atom. The maximum Gasteiger partial charge on any atom is 0.169 e. The van der Waals surface area contributed by atoms with E-state index in [0.717, 1.165) is 29.4 Å². The number of aromatic nitrogens is 3. The van der Waals surface area contributed by atoms with E-state index in [0.29, 0.717) is 5.69 Å². The van der Waals surface area contributed by atoms with Crippen LogP contribution in [0.25, 0.3) is 0 Å². The standard InChI is InChI=1S/C5H5NOS.C4H4BrNS.C3HBr2NS/c1-4-6-5(2-7)3-8-4;1-3-6-4(5)2-7-3;4-2-1-7-3(5)6-2/h2-3H,1H3;2H,1H3;1H. The first-order valence-electron chi connectivity index (χ1n) is 5.62. The molecule has 0 spiro atoms. The summed E-state index contributed by atoms with van der Waals surface area (Å²) < 4.78 is 2.75. The van der Waals surface area contributed by atoms with Gasteiger partial charge in [0.15, 0.2) is 10.2 Å². The molecule has 4 nitrogen and oxygen atoms in total. The van der Waals surface area contributed by atoms with Gasteiger partial charge in [-0.25, -0.2) is 15.0 Å². The molecule has 0 aliphatic carbocycles. The monoisotopic (exact) mass is 545 g/mol. The molecule has 0 radical (unpaired) electrons. The molecule has 3 heterocycles. The van der Waals surface area contributed by atoms with Gasteiger partial charge in [-0.1, -0.05) is 0 Å². The summed E-state index contributed by atoms with van der Waals surface area (Å²) in [5.74, 6) is 0. The lowest BCUT2D eigenvalue weighted by Gasteiger charge is -1.70. The van der Waals surface area contributed by atoms with Gasteiger partial charge in [0.05, 0.1) is 10.0 Å². The van der Waals surface area contributed by atoms with Crippen LogP contribution in [0.1, 0.15) is 20.5 Å². The molecule has 0 saturated carbocycles. The van der Waals surface area contributed by atoms with Gasteiger partial charge in [0.2, 0.25) is 0 Å². The average Bonchev–Trinajstić information content (AvgIpc) is 3.15. The van der Waals surface area contributed by atoms with E-state index in [4.69, 9.17) is 0 Å². The number of rotatable bonds is 1. The number of aryl methyl sites for hydroxylation is 2. The van der Waals surface area contributed by atoms with Crippen LogP contribution in [0.4, 0.5) is 0 Å². The Morgan fingerprint density at radius 3 is 1.59 bits per heavy atom. The number of hydrogen-bond acceptors (Lipinski definition) is 7. The third-order valence-electron chi connectivity index (χ3n) is 1.80. The number of thiazole rings is 3. The molecule has 3 aromatic rings. The zero-order valence-electron chi connectivity index (χ0n) is 11.4. The molecule has 22 heavy (non-hydrogen) atoms. The summed E-state index contributed by atoms with van der Waals surface area (Å²) in [6.45, 7) is 3.85. The quantitative estimate of drug-likeness (QED) is 0.343. The number of aldehydes is 1. The van der Waals surface area contributed by atoms with Crippen LogP contribution in [-0.2, 0) is 0 Å². The van der Waals surface area contributed by atoms with Crippen molar-refractivity contribution in [2.45, 2.75) is 13.8 Å². The van der Waals surface area contributed by atoms with Crippen molar-refractivity contribution in [1.82, 2.24) is 15.0 Å². The molecule has 0 unspecified atom stereocenters. The van der Waals surface area contributed by atoms with Gasteiger partial charge in [0.25, 0.3) is 0 Å². The Kier molecular flexibility index (Phi) is 9.76. The molecule has 10 heteroatoms. The van der Waals surface area contributed by atoms with E-state index in [1.807, 2.05) is 24.6 Å². The Morgan fingerprint density at radius 1 is 0.864 bits per heavy atom. The Balaban J connectivity index is 0.000000166. The number of nitrogens with zero attached hydrogens (tertiary/aromatic N) is 3. The second-order valence-corrected chi connectivity index (χ2v) is 9.41. The molecule has 0 saturated heterocycles. The molecule has 0 fully saturated rings. The zero-order chi connectivity index (χ0) is 16.5. The predicted molar refractivity (Wildman–Crippen MR) is 104 cm³/mol. The van der Waals surface area contributed by atoms with Gasteiger partial charge < -0.3 is 0 Å². The molecule has 0 atom stereocenters. The van der Waals surface area contributed by atoms with Crippen molar-refractivity contribution < 1.29 is 4.79 Å². The predicted octanol–water partition coefficient (Wildman–Crippen LogP) is 6.15. The molecule has 0 aliphatic heterocycles. The summed E-state index contributed by atoms with van der Waals surface area (Å²) in [6.07, 6.45) is 0.753. The van der Waals surface area contributed by atoms with Crippen molar-refractivity contribution in [3.05, 3.63) is 45.0 Å². The second-order valence-electron chi connectivity index (χ2n) is 3.52. The molecule has 0 aromatic carbocycles. The summed E-state index contributed by atoms with van der Waals surface area (Å²) in [5, 5.41) is 7.67. The minimum absolute atomic E-state index is 0.535. The van der Waals surface area contributed by atoms with Crippen LogP contribution in [0.5, 0.6) is 0 Å². The number of carbonyl (C=O) groups is 1. The minimum Gasteiger partial charge on any atom is -0.296 e. The Labute approximate surface area is 165 Å². The second kappa shape index (κ2) is 10.7. The lowest BCUT2D eigenvalue weighted by Crippen LogP contribution is -1.75. The van der Waals surface area contributed by atoms with Gasteiger partial charge in [-0.15, -0.1) is 34.0 Å². The van der Waals surface area contributed by atoms with E-state index in [2.05, 4.69) is 62.7 Å². The number of hydrogen-bond donors (Lipinski definition) is 0. The van der Waals surface area contributed by atoms with Gasteiger partial charge in [0, 0.05) is 16.1 Å². The van der Waals surface area contributed by atoms with E-state index in [1.165, 1.54) is 11.3 Å². The third kappa shape index (κ3) is 8.59. The Hall–Kier alpha value is -0.000000000000000194. The molecule has 0 bridgehead atoms. The van der Waals surface area contributed by atoms with E-state index in [-0.39, 0.29) is 0 Å². The van der Waals surface area contributed by atoms with Crippen LogP contribution in [0.15, 0.2) is 29.3 Å². The van der Waals surface area contributed by atoms with E-state index in [1.54, 1.807) is 28.1 Å². The Bertz CT molecular complexity index is 640. The van der Waals surface area contributed by atoms with Crippen molar-refractivity contribution in [1.29, 1.82) is 0 Å². The first-order chi connectivity index (χ1) is 10.4. The van der Waals surface area contributed by atoms with Gasteiger partial charge in [-0.05, 0) is 61.6 Å². The number of halogens is 3. The molecule has 0 amide bonds. The van der Waals surface area contributed by atoms with E-state index >= 15 is 0 Å². The summed E-state index contributed by atoms with van der Waals surface area (Å²) in [7, 11) is 0. The maximum absolute atomic E-state index is 9.96. The molecule has 3 rings (SSSR count). The van der Waals surface area contributed by atoms with E-state index in [9.17, 15) is 4.79 Å². The van der Waals surface area contributed by atoms with Crippen LogP contribution < -0.4 is 0 Å². The van der Waals surface area contributed by atoms with Crippen molar-refractivity contribution in [2.24, 2.45) is 0 Å². The molecule has 3 aromatic heterocycles. The molecule has 0 N–H and O–H groups in total. The normalized spacial score (nSPS) is 9.32. The molecular weight excluding hydrogens is 538 g/mol. The fourth-order valence-electron chi connectivity index (χ4n) is 1.01. The topological polar surface area (TPSA) is 55.7 Å². The molecule has 0 aliphatic rings. The highest BCUT2D eigenvalue weighted by Crippen LogP contribution is 2.19. The highest BCUT2D eigenvalue weighted by molar-refractivity contribution is 9.11. The van der Waals surface area contributed by atoms with Crippen molar-refractivity contribution in [2.75, 3.05) is 0 Å². The lowest BCUT2D eigenvalue weighted by molar-refractivity contribution is 0.111. The zero-order valence-corrected chi connectivity index (χ0v) is 18.6. The highest BCUT2D eigenvalue weighted by Gasteiger charge is 1.92. The summed E-state index contributed by atoms with van der Waals surface area (Å²) in [6, 6.07) is 0. The van der Waals surface area contributed by atoms with Crippen LogP contribution in [0.3, 0.4) is 0 Å². The summed E-state index contributed by atoms with van der Waals surface area (Å²) in [5.41, 5.74) is 0.535. The smallest absolute Gasteiger partial charge is 0.169 e. The average molecular weight is 548 g/mol. The first-order valence-corrected chi connectivity index (χ1v) is 10.6. The van der Waals surface area contributed by atoms with Crippen LogP contribution in [-0.4, -0.2) is 21.2 Å². The first kappa shape index (κ1) is 20.0. The van der Waals surface area contributed by atoms with E-state index < -0.39 is 0 Å². The fraction of sp³-hybridized carbons (Fsp3) is 0.167.